The Hall–Kier alpha value is -0.420. The number of alkyl carbamates (subject to hydrolysis) is 1. The van der Waals surface area contributed by atoms with E-state index >= 15 is 0 Å². The van der Waals surface area contributed by atoms with Crippen LogP contribution in [0.3, 0.4) is 0 Å². The van der Waals surface area contributed by atoms with Crippen LogP contribution < -0.4 is 10.6 Å². The van der Waals surface area contributed by atoms with Gasteiger partial charge >= 0.3 is 6.09 Å². The largest absolute Gasteiger partial charge is 0.444 e. The first-order chi connectivity index (χ1) is 9.40. The third-order valence-electron chi connectivity index (χ3n) is 3.20. The second kappa shape index (κ2) is 8.78. The summed E-state index contributed by atoms with van der Waals surface area (Å²) in [6, 6.07) is 0.952. The molecule has 0 saturated carbocycles. The fourth-order valence-corrected chi connectivity index (χ4v) is 3.38. The minimum absolute atomic E-state index is 0.318. The van der Waals surface area contributed by atoms with Crippen molar-refractivity contribution in [1.29, 1.82) is 0 Å². The SMILES string of the molecule is CCCCC(CNC(=O)OC(C)(C)C)NC1CCSC1. The molecule has 118 valence electrons. The van der Waals surface area contributed by atoms with Gasteiger partial charge in [0.05, 0.1) is 0 Å². The fourth-order valence-electron chi connectivity index (χ4n) is 2.21. The minimum atomic E-state index is -0.432. The van der Waals surface area contributed by atoms with E-state index in [4.69, 9.17) is 4.74 Å². The zero-order valence-corrected chi connectivity index (χ0v) is 14.1. The molecule has 1 aliphatic rings. The molecular weight excluding hydrogens is 272 g/mol. The molecule has 1 heterocycles. The van der Waals surface area contributed by atoms with Crippen molar-refractivity contribution >= 4 is 17.9 Å². The average molecular weight is 302 g/mol. The zero-order valence-electron chi connectivity index (χ0n) is 13.3. The van der Waals surface area contributed by atoms with Crippen LogP contribution in [0.15, 0.2) is 0 Å². The number of unbranched alkanes of at least 4 members (excludes halogenated alkanes) is 1. The predicted octanol–water partition coefficient (Wildman–Crippen LogP) is 3.17. The smallest absolute Gasteiger partial charge is 0.407 e. The second-order valence-corrected chi connectivity index (χ2v) is 7.60. The van der Waals surface area contributed by atoms with Gasteiger partial charge in [0.15, 0.2) is 0 Å². The minimum Gasteiger partial charge on any atom is -0.444 e. The number of carbonyl (C=O) groups is 1. The van der Waals surface area contributed by atoms with Crippen LogP contribution in [0.5, 0.6) is 0 Å². The summed E-state index contributed by atoms with van der Waals surface area (Å²) in [4.78, 5) is 11.7. The van der Waals surface area contributed by atoms with Crippen molar-refractivity contribution in [3.05, 3.63) is 0 Å². The fraction of sp³-hybridized carbons (Fsp3) is 0.933. The van der Waals surface area contributed by atoms with E-state index in [1.807, 2.05) is 32.5 Å². The van der Waals surface area contributed by atoms with Crippen molar-refractivity contribution in [2.24, 2.45) is 0 Å². The highest BCUT2D eigenvalue weighted by atomic mass is 32.2. The van der Waals surface area contributed by atoms with Crippen LogP contribution in [0.25, 0.3) is 0 Å². The van der Waals surface area contributed by atoms with Gasteiger partial charge in [-0.3, -0.25) is 0 Å². The number of rotatable bonds is 7. The molecule has 2 unspecified atom stereocenters. The summed E-state index contributed by atoms with van der Waals surface area (Å²) in [5.41, 5.74) is -0.432. The van der Waals surface area contributed by atoms with Gasteiger partial charge in [-0.2, -0.15) is 11.8 Å². The first-order valence-electron chi connectivity index (χ1n) is 7.71. The van der Waals surface area contributed by atoms with E-state index in [9.17, 15) is 4.79 Å². The normalized spacial score (nSPS) is 20.7. The lowest BCUT2D eigenvalue weighted by Crippen LogP contribution is -2.46. The second-order valence-electron chi connectivity index (χ2n) is 6.45. The number of amides is 1. The summed E-state index contributed by atoms with van der Waals surface area (Å²) in [5.74, 6) is 2.44. The number of ether oxygens (including phenoxy) is 1. The van der Waals surface area contributed by atoms with E-state index in [1.165, 1.54) is 30.8 Å². The molecule has 1 aliphatic heterocycles. The maximum absolute atomic E-state index is 11.7. The van der Waals surface area contributed by atoms with Gasteiger partial charge in [0.25, 0.3) is 0 Å². The summed E-state index contributed by atoms with van der Waals surface area (Å²) >= 11 is 2.01. The maximum Gasteiger partial charge on any atom is 0.407 e. The maximum atomic E-state index is 11.7. The third kappa shape index (κ3) is 8.00. The van der Waals surface area contributed by atoms with Gasteiger partial charge in [-0.05, 0) is 39.4 Å². The number of nitrogens with one attached hydrogen (secondary N) is 2. The van der Waals surface area contributed by atoms with Crippen LogP contribution in [0.1, 0.15) is 53.4 Å². The van der Waals surface area contributed by atoms with Crippen molar-refractivity contribution < 1.29 is 9.53 Å². The van der Waals surface area contributed by atoms with Gasteiger partial charge in [0.1, 0.15) is 5.60 Å². The van der Waals surface area contributed by atoms with Gasteiger partial charge in [-0.1, -0.05) is 19.8 Å². The van der Waals surface area contributed by atoms with E-state index < -0.39 is 5.60 Å². The van der Waals surface area contributed by atoms with E-state index in [0.29, 0.717) is 18.6 Å². The number of thioether (sulfide) groups is 1. The molecule has 0 bridgehead atoms. The summed E-state index contributed by atoms with van der Waals surface area (Å²) in [6.45, 7) is 8.50. The Labute approximate surface area is 127 Å². The molecule has 0 aromatic rings. The molecule has 2 atom stereocenters. The molecule has 0 spiro atoms. The molecule has 20 heavy (non-hydrogen) atoms. The van der Waals surface area contributed by atoms with E-state index in [-0.39, 0.29) is 6.09 Å². The lowest BCUT2D eigenvalue weighted by Gasteiger charge is -2.24. The Kier molecular flexibility index (Phi) is 7.74. The number of hydrogen-bond donors (Lipinski definition) is 2. The Morgan fingerprint density at radius 2 is 2.20 bits per heavy atom. The predicted molar refractivity (Wildman–Crippen MR) is 86.4 cm³/mol. The van der Waals surface area contributed by atoms with Crippen molar-refractivity contribution in [1.82, 2.24) is 10.6 Å². The van der Waals surface area contributed by atoms with Gasteiger partial charge in [0, 0.05) is 24.4 Å². The highest BCUT2D eigenvalue weighted by Gasteiger charge is 2.21. The van der Waals surface area contributed by atoms with Crippen molar-refractivity contribution in [2.75, 3.05) is 18.1 Å². The topological polar surface area (TPSA) is 50.4 Å². The average Bonchev–Trinajstić information content (AvgIpc) is 2.83. The molecule has 1 amide bonds. The Morgan fingerprint density at radius 3 is 2.75 bits per heavy atom. The molecule has 5 heteroatoms. The Morgan fingerprint density at radius 1 is 1.45 bits per heavy atom. The zero-order chi connectivity index (χ0) is 15.0. The number of hydrogen-bond acceptors (Lipinski definition) is 4. The van der Waals surface area contributed by atoms with Crippen LogP contribution in [0.2, 0.25) is 0 Å². The third-order valence-corrected chi connectivity index (χ3v) is 4.36. The summed E-state index contributed by atoms with van der Waals surface area (Å²) < 4.78 is 5.28. The highest BCUT2D eigenvalue weighted by Crippen LogP contribution is 2.18. The van der Waals surface area contributed by atoms with E-state index in [0.717, 1.165) is 6.42 Å². The first-order valence-corrected chi connectivity index (χ1v) is 8.87. The van der Waals surface area contributed by atoms with E-state index in [1.54, 1.807) is 0 Å². The van der Waals surface area contributed by atoms with Gasteiger partial charge in [-0.15, -0.1) is 0 Å². The van der Waals surface area contributed by atoms with Crippen LogP contribution in [0, 0.1) is 0 Å². The molecule has 0 aromatic heterocycles. The summed E-state index contributed by atoms with van der Waals surface area (Å²) in [5, 5.41) is 6.57. The van der Waals surface area contributed by atoms with Crippen molar-refractivity contribution in [3.63, 3.8) is 0 Å². The van der Waals surface area contributed by atoms with E-state index in [2.05, 4.69) is 17.6 Å². The molecule has 0 aromatic carbocycles. The van der Waals surface area contributed by atoms with Gasteiger partial charge in [-0.25, -0.2) is 4.79 Å². The lowest BCUT2D eigenvalue weighted by molar-refractivity contribution is 0.0521. The monoisotopic (exact) mass is 302 g/mol. The van der Waals surface area contributed by atoms with Gasteiger partial charge < -0.3 is 15.4 Å². The summed E-state index contributed by atoms with van der Waals surface area (Å²) in [6.07, 6.45) is 4.40. The van der Waals surface area contributed by atoms with Crippen LogP contribution in [0.4, 0.5) is 4.79 Å². The molecular formula is C15H30N2O2S. The Bertz CT molecular complexity index is 286. The molecule has 0 aliphatic carbocycles. The van der Waals surface area contributed by atoms with Crippen LogP contribution >= 0.6 is 11.8 Å². The lowest BCUT2D eigenvalue weighted by atomic mass is 10.1. The number of carbonyl (C=O) groups excluding carboxylic acids is 1. The molecule has 1 saturated heterocycles. The molecule has 4 nitrogen and oxygen atoms in total. The molecule has 1 fully saturated rings. The highest BCUT2D eigenvalue weighted by molar-refractivity contribution is 7.99. The molecule has 0 radical (unpaired) electrons. The summed E-state index contributed by atoms with van der Waals surface area (Å²) in [7, 11) is 0. The quantitative estimate of drug-likeness (QED) is 0.758. The van der Waals surface area contributed by atoms with Gasteiger partial charge in [0.2, 0.25) is 0 Å². The molecule has 2 N–H and O–H groups in total. The van der Waals surface area contributed by atoms with Crippen LogP contribution in [-0.4, -0.2) is 41.8 Å². The standard InChI is InChI=1S/C15H30N2O2S/c1-5-6-7-12(17-13-8-9-20-11-13)10-16-14(18)19-15(2,3)4/h12-13,17H,5-11H2,1-4H3,(H,16,18). The molecule has 1 rings (SSSR count). The Balaban J connectivity index is 2.33. The van der Waals surface area contributed by atoms with Crippen molar-refractivity contribution in [2.45, 2.75) is 71.1 Å². The first kappa shape index (κ1) is 17.6. The van der Waals surface area contributed by atoms with Crippen LogP contribution in [-0.2, 0) is 4.74 Å². The van der Waals surface area contributed by atoms with Crippen molar-refractivity contribution in [3.8, 4) is 0 Å².